The van der Waals surface area contributed by atoms with Crippen LogP contribution in [0.2, 0.25) is 0 Å². The molecule has 2 aromatic rings. The van der Waals surface area contributed by atoms with Crippen molar-refractivity contribution in [3.8, 4) is 0 Å². The van der Waals surface area contributed by atoms with Crippen LogP contribution in [0, 0.1) is 0 Å². The minimum atomic E-state index is -4.19. The number of carbonyl (C=O) groups excluding carboxylic acids is 2. The average Bonchev–Trinajstić information content (AvgIpc) is 3.37. The normalized spacial score (nSPS) is 28.3. The lowest BCUT2D eigenvalue weighted by atomic mass is 9.96. The topological polar surface area (TPSA) is 246 Å². The molecule has 2 aliphatic heterocycles. The SMILES string of the molecule is CC(=O)OC(C)OC(=O)SCCOP1(=O)OCC2OC(n3cnc4c(N(C)NS(C)(=O)=O)nc(N)nc43)[C@](C)(O)[C@@H]2O1. The van der Waals surface area contributed by atoms with Gasteiger partial charge < -0.3 is 25.1 Å². The van der Waals surface area contributed by atoms with Crippen molar-refractivity contribution < 1.29 is 55.5 Å². The summed E-state index contributed by atoms with van der Waals surface area (Å²) in [6, 6.07) is 0. The van der Waals surface area contributed by atoms with Crippen LogP contribution in [0.4, 0.5) is 16.6 Å². The summed E-state index contributed by atoms with van der Waals surface area (Å²) in [6.45, 7) is 3.43. The van der Waals surface area contributed by atoms with Crippen LogP contribution >= 0.6 is 19.6 Å². The number of nitrogen functional groups attached to an aromatic ring is 1. The van der Waals surface area contributed by atoms with E-state index in [9.17, 15) is 27.7 Å². The van der Waals surface area contributed by atoms with Crippen LogP contribution in [0.15, 0.2) is 6.33 Å². The fraction of sp³-hybridized carbons (Fsp3) is 0.650. The maximum atomic E-state index is 13.2. The summed E-state index contributed by atoms with van der Waals surface area (Å²) in [6.07, 6.45) is -2.08. The fourth-order valence-electron chi connectivity index (χ4n) is 4.26. The van der Waals surface area contributed by atoms with Gasteiger partial charge in [-0.1, -0.05) is 0 Å². The molecule has 0 amide bonds. The Kier molecular flexibility index (Phi) is 9.36. The first-order valence-corrected chi connectivity index (χ1v) is 16.5. The van der Waals surface area contributed by atoms with E-state index in [-0.39, 0.29) is 41.9 Å². The average molecular weight is 656 g/mol. The Hall–Kier alpha value is -2.62. The lowest BCUT2D eigenvalue weighted by Gasteiger charge is -2.34. The van der Waals surface area contributed by atoms with Crippen LogP contribution in [0.3, 0.4) is 0 Å². The zero-order chi connectivity index (χ0) is 31.0. The van der Waals surface area contributed by atoms with Crippen LogP contribution in [0.1, 0.15) is 27.0 Å². The number of nitrogens with one attached hydrogen (secondary N) is 1. The number of hydrogen-bond acceptors (Lipinski definition) is 18. The number of phosphoric ester groups is 1. The van der Waals surface area contributed by atoms with Crippen LogP contribution < -0.4 is 15.6 Å². The van der Waals surface area contributed by atoms with Crippen LogP contribution in [-0.2, 0) is 47.2 Å². The number of anilines is 2. The number of hydrazine groups is 1. The second-order valence-corrected chi connectivity index (χ2v) is 13.8. The highest BCUT2D eigenvalue weighted by molar-refractivity contribution is 8.13. The second-order valence-electron chi connectivity index (χ2n) is 9.40. The molecule has 4 rings (SSSR count). The highest BCUT2D eigenvalue weighted by Gasteiger charge is 2.60. The zero-order valence-corrected chi connectivity index (χ0v) is 25.6. The summed E-state index contributed by atoms with van der Waals surface area (Å²) in [4.78, 5) is 37.5. The van der Waals surface area contributed by atoms with Crippen molar-refractivity contribution in [2.75, 3.05) is 43.0 Å². The number of imidazole rings is 1. The van der Waals surface area contributed by atoms with Crippen molar-refractivity contribution in [1.82, 2.24) is 24.4 Å². The van der Waals surface area contributed by atoms with Crippen molar-refractivity contribution in [3.05, 3.63) is 6.33 Å². The van der Waals surface area contributed by atoms with Gasteiger partial charge in [0.2, 0.25) is 22.3 Å². The third kappa shape index (κ3) is 7.29. The number of carbonyl (C=O) groups is 2. The Bertz CT molecular complexity index is 1510. The van der Waals surface area contributed by atoms with Gasteiger partial charge >= 0.3 is 19.1 Å². The summed E-state index contributed by atoms with van der Waals surface area (Å²) in [5, 5.41) is 11.9. The molecule has 4 unspecified atom stereocenters. The minimum Gasteiger partial charge on any atom is -0.426 e. The van der Waals surface area contributed by atoms with Gasteiger partial charge in [0.1, 0.15) is 17.8 Å². The number of ether oxygens (including phenoxy) is 3. The first kappa shape index (κ1) is 32.3. The van der Waals surface area contributed by atoms with Gasteiger partial charge in [-0.2, -0.15) is 9.97 Å². The molecule has 2 fully saturated rings. The minimum absolute atomic E-state index is 0.000923. The van der Waals surface area contributed by atoms with Crippen molar-refractivity contribution in [1.29, 1.82) is 0 Å². The number of phosphoric acid groups is 1. The monoisotopic (exact) mass is 655 g/mol. The quantitative estimate of drug-likeness (QED) is 0.102. The fourth-order valence-corrected chi connectivity index (χ4v) is 6.97. The molecule has 0 saturated carbocycles. The van der Waals surface area contributed by atoms with Crippen molar-refractivity contribution in [2.24, 2.45) is 0 Å². The molecule has 19 nitrogen and oxygen atoms in total. The highest BCUT2D eigenvalue weighted by atomic mass is 32.2. The van der Waals surface area contributed by atoms with E-state index in [0.717, 1.165) is 11.3 Å². The molecule has 22 heteroatoms. The number of fused-ring (bicyclic) bond motifs is 2. The lowest BCUT2D eigenvalue weighted by Crippen LogP contribution is -2.47. The first-order chi connectivity index (χ1) is 19.5. The van der Waals surface area contributed by atoms with E-state index in [1.54, 1.807) is 0 Å². The second kappa shape index (κ2) is 12.2. The van der Waals surface area contributed by atoms with Gasteiger partial charge in [0, 0.05) is 26.6 Å². The number of thioether (sulfide) groups is 1. The third-order valence-corrected chi connectivity index (χ3v) is 8.55. The summed E-state index contributed by atoms with van der Waals surface area (Å²) < 4.78 is 69.7. The Balaban J connectivity index is 1.44. The molecule has 6 atom stereocenters. The van der Waals surface area contributed by atoms with E-state index in [1.807, 2.05) is 0 Å². The number of aromatic nitrogens is 4. The molecular weight excluding hydrogens is 625 g/mol. The molecule has 0 spiro atoms. The van der Waals surface area contributed by atoms with Crippen molar-refractivity contribution >= 4 is 63.8 Å². The number of rotatable bonds is 10. The molecule has 0 aliphatic carbocycles. The van der Waals surface area contributed by atoms with E-state index in [4.69, 9.17) is 33.5 Å². The summed E-state index contributed by atoms with van der Waals surface area (Å²) in [5.41, 5.74) is 4.29. The number of hydrogen-bond donors (Lipinski definition) is 3. The van der Waals surface area contributed by atoms with E-state index >= 15 is 0 Å². The van der Waals surface area contributed by atoms with E-state index in [0.29, 0.717) is 11.8 Å². The maximum Gasteiger partial charge on any atom is 0.475 e. The Morgan fingerprint density at radius 1 is 1.40 bits per heavy atom. The Morgan fingerprint density at radius 3 is 2.79 bits per heavy atom. The molecule has 4 N–H and O–H groups in total. The van der Waals surface area contributed by atoms with Crippen LogP contribution in [-0.4, -0.2) is 101 Å². The van der Waals surface area contributed by atoms with Gasteiger partial charge in [-0.05, 0) is 18.7 Å². The number of esters is 1. The predicted octanol–water partition coefficient (Wildman–Crippen LogP) is 0.276. The number of nitrogens with zero attached hydrogens (tertiary/aromatic N) is 5. The summed E-state index contributed by atoms with van der Waals surface area (Å²) in [5.74, 6) is -0.786. The van der Waals surface area contributed by atoms with Gasteiger partial charge in [0.25, 0.3) is 0 Å². The molecule has 2 saturated heterocycles. The Morgan fingerprint density at radius 2 is 2.12 bits per heavy atom. The van der Waals surface area contributed by atoms with Gasteiger partial charge in [-0.15, -0.1) is 4.83 Å². The molecule has 4 heterocycles. The lowest BCUT2D eigenvalue weighted by molar-refractivity contribution is -0.160. The van der Waals surface area contributed by atoms with Crippen LogP contribution in [0.25, 0.3) is 11.2 Å². The van der Waals surface area contributed by atoms with E-state index < -0.39 is 59.4 Å². The van der Waals surface area contributed by atoms with E-state index in [1.165, 1.54) is 38.7 Å². The van der Waals surface area contributed by atoms with Crippen LogP contribution in [0.5, 0.6) is 0 Å². The third-order valence-electron chi connectivity index (χ3n) is 5.80. The van der Waals surface area contributed by atoms with Gasteiger partial charge in [0.15, 0.2) is 23.2 Å². The zero-order valence-electron chi connectivity index (χ0n) is 23.0. The number of sulfonamides is 1. The smallest absolute Gasteiger partial charge is 0.426 e. The molecule has 2 aromatic heterocycles. The molecule has 2 aliphatic rings. The number of aliphatic hydroxyl groups is 1. The highest BCUT2D eigenvalue weighted by Crippen LogP contribution is 2.58. The molecule has 0 radical (unpaired) electrons. The standard InChI is InChI=1S/C20H30N7O12PS2/c1-10(28)36-11(2)37-19(29)41-7-6-34-40(31)35-8-12-14(39-40)20(3,30)17(38-12)27-9-22-13-15(23-18(21)24-16(13)27)26(4)25-42(5,32)33/h9,11-12,14,17,25,30H,6-8H2,1-5H3,(H2,21,23,24)/t11?,12?,14-,17?,20-,40?/m1/s1. The molecule has 0 aromatic carbocycles. The molecule has 42 heavy (non-hydrogen) atoms. The number of nitrogens with two attached hydrogens (primary N) is 1. The first-order valence-electron chi connectivity index (χ1n) is 12.2. The van der Waals surface area contributed by atoms with Crippen molar-refractivity contribution in [3.63, 3.8) is 0 Å². The van der Waals surface area contributed by atoms with Gasteiger partial charge in [-0.25, -0.2) is 22.8 Å². The molecule has 0 bridgehead atoms. The van der Waals surface area contributed by atoms with Crippen molar-refractivity contribution in [2.45, 2.75) is 51.1 Å². The molecular formula is C20H30N7O12PS2. The van der Waals surface area contributed by atoms with Gasteiger partial charge in [0.05, 0.1) is 25.8 Å². The van der Waals surface area contributed by atoms with E-state index in [2.05, 4.69) is 19.8 Å². The Labute approximate surface area is 244 Å². The molecule has 234 valence electrons. The summed E-state index contributed by atoms with van der Waals surface area (Å²) >= 11 is 0.688. The maximum absolute atomic E-state index is 13.2. The largest absolute Gasteiger partial charge is 0.475 e. The predicted molar refractivity (Wildman–Crippen MR) is 145 cm³/mol. The summed E-state index contributed by atoms with van der Waals surface area (Å²) in [7, 11) is -6.45. The van der Waals surface area contributed by atoms with Gasteiger partial charge in [-0.3, -0.25) is 27.9 Å².